The lowest BCUT2D eigenvalue weighted by atomic mass is 9.70. The molecule has 0 aromatic heterocycles. The van der Waals surface area contributed by atoms with Gasteiger partial charge in [-0.25, -0.2) is 9.59 Å². The van der Waals surface area contributed by atoms with Crippen molar-refractivity contribution in [1.82, 2.24) is 16.0 Å². The van der Waals surface area contributed by atoms with Crippen LogP contribution in [0.2, 0.25) is 0 Å². The summed E-state index contributed by atoms with van der Waals surface area (Å²) in [6, 6.07) is 7.78. The summed E-state index contributed by atoms with van der Waals surface area (Å²) in [4.78, 5) is 24.2. The molecule has 2 aliphatic carbocycles. The van der Waals surface area contributed by atoms with Crippen LogP contribution in [0.1, 0.15) is 71.4 Å². The van der Waals surface area contributed by atoms with Crippen LogP contribution in [0, 0.1) is 11.3 Å². The van der Waals surface area contributed by atoms with Gasteiger partial charge in [0, 0.05) is 17.8 Å². The van der Waals surface area contributed by atoms with E-state index in [-0.39, 0.29) is 24.1 Å². The number of amides is 4. The quantitative estimate of drug-likeness (QED) is 0.599. The van der Waals surface area contributed by atoms with Crippen LogP contribution in [0.25, 0.3) is 0 Å². The molecule has 0 radical (unpaired) electrons. The minimum Gasteiger partial charge on any atom is -0.335 e. The number of urea groups is 2. The van der Waals surface area contributed by atoms with Crippen molar-refractivity contribution >= 4 is 17.7 Å². The number of anilines is 1. The fourth-order valence-electron chi connectivity index (χ4n) is 4.09. The molecule has 3 atom stereocenters. The normalized spacial score (nSPS) is 24.7. The fourth-order valence-corrected chi connectivity index (χ4v) is 4.09. The van der Waals surface area contributed by atoms with Crippen molar-refractivity contribution < 1.29 is 9.59 Å². The van der Waals surface area contributed by atoms with Gasteiger partial charge in [-0.05, 0) is 68.1 Å². The van der Waals surface area contributed by atoms with Gasteiger partial charge in [-0.3, -0.25) is 0 Å². The van der Waals surface area contributed by atoms with E-state index in [9.17, 15) is 9.59 Å². The summed E-state index contributed by atoms with van der Waals surface area (Å²) in [6.45, 7) is 8.79. The van der Waals surface area contributed by atoms with Gasteiger partial charge in [-0.15, -0.1) is 0 Å². The zero-order valence-electron chi connectivity index (χ0n) is 17.5. The Kier molecular flexibility index (Phi) is 6.16. The molecule has 4 amide bonds. The van der Waals surface area contributed by atoms with Crippen molar-refractivity contribution in [2.24, 2.45) is 11.3 Å². The van der Waals surface area contributed by atoms with Crippen LogP contribution < -0.4 is 21.3 Å². The van der Waals surface area contributed by atoms with E-state index in [1.54, 1.807) is 0 Å². The molecule has 28 heavy (non-hydrogen) atoms. The molecule has 3 unspecified atom stereocenters. The molecule has 0 heterocycles. The molecule has 154 valence electrons. The number of benzene rings is 1. The van der Waals surface area contributed by atoms with E-state index >= 15 is 0 Å². The zero-order chi connectivity index (χ0) is 20.3. The Bertz CT molecular complexity index is 697. The first-order valence-electron chi connectivity index (χ1n) is 10.5. The third kappa shape index (κ3) is 5.88. The summed E-state index contributed by atoms with van der Waals surface area (Å²) < 4.78 is 0. The maximum absolute atomic E-state index is 12.4. The molecule has 0 aliphatic heterocycles. The predicted molar refractivity (Wildman–Crippen MR) is 112 cm³/mol. The lowest BCUT2D eigenvalue weighted by Gasteiger charge is -2.39. The van der Waals surface area contributed by atoms with Gasteiger partial charge >= 0.3 is 12.1 Å². The van der Waals surface area contributed by atoms with Crippen molar-refractivity contribution in [1.29, 1.82) is 0 Å². The highest BCUT2D eigenvalue weighted by molar-refractivity contribution is 5.89. The van der Waals surface area contributed by atoms with E-state index in [2.05, 4.69) is 42.0 Å². The van der Waals surface area contributed by atoms with Crippen LogP contribution in [0.3, 0.4) is 0 Å². The minimum atomic E-state index is -0.161. The van der Waals surface area contributed by atoms with E-state index in [0.29, 0.717) is 17.4 Å². The molecule has 0 saturated heterocycles. The second kappa shape index (κ2) is 8.41. The van der Waals surface area contributed by atoms with Crippen LogP contribution in [0.15, 0.2) is 24.3 Å². The molecule has 1 aromatic carbocycles. The Hall–Kier alpha value is -2.24. The third-order valence-corrected chi connectivity index (χ3v) is 5.94. The number of hydrogen-bond donors (Lipinski definition) is 4. The Balaban J connectivity index is 1.46. The minimum absolute atomic E-state index is 0.107. The van der Waals surface area contributed by atoms with Crippen LogP contribution in [0.4, 0.5) is 15.3 Å². The second-order valence-electron chi connectivity index (χ2n) is 9.33. The molecule has 0 spiro atoms. The fraction of sp³-hybridized carbons (Fsp3) is 0.636. The summed E-state index contributed by atoms with van der Waals surface area (Å²) in [5, 5.41) is 11.9. The Morgan fingerprint density at radius 1 is 1.04 bits per heavy atom. The highest BCUT2D eigenvalue weighted by Crippen LogP contribution is 2.38. The van der Waals surface area contributed by atoms with Gasteiger partial charge in [0.15, 0.2) is 0 Å². The number of rotatable bonds is 5. The molecule has 2 saturated carbocycles. The van der Waals surface area contributed by atoms with Crippen LogP contribution in [0.5, 0.6) is 0 Å². The summed E-state index contributed by atoms with van der Waals surface area (Å²) in [6.07, 6.45) is 5.43. The van der Waals surface area contributed by atoms with Gasteiger partial charge in [-0.1, -0.05) is 32.9 Å². The van der Waals surface area contributed by atoms with E-state index in [4.69, 9.17) is 0 Å². The average molecular weight is 387 g/mol. The van der Waals surface area contributed by atoms with E-state index in [0.717, 1.165) is 43.4 Å². The average Bonchev–Trinajstić information content (AvgIpc) is 3.41. The predicted octanol–water partition coefficient (Wildman–Crippen LogP) is 4.55. The Morgan fingerprint density at radius 3 is 2.32 bits per heavy atom. The van der Waals surface area contributed by atoms with Crippen LogP contribution in [-0.2, 0) is 0 Å². The molecule has 0 bridgehead atoms. The molecule has 2 aliphatic rings. The van der Waals surface area contributed by atoms with E-state index < -0.39 is 0 Å². The zero-order valence-corrected chi connectivity index (χ0v) is 17.5. The van der Waals surface area contributed by atoms with Crippen LogP contribution >= 0.6 is 0 Å². The highest BCUT2D eigenvalue weighted by Gasteiger charge is 2.33. The lowest BCUT2D eigenvalue weighted by molar-refractivity contribution is 0.149. The van der Waals surface area contributed by atoms with E-state index in [1.165, 1.54) is 0 Å². The van der Waals surface area contributed by atoms with E-state index in [1.807, 2.05) is 31.2 Å². The summed E-state index contributed by atoms with van der Waals surface area (Å²) in [5.41, 5.74) is 2.12. The largest absolute Gasteiger partial charge is 0.335 e. The van der Waals surface area contributed by atoms with Crippen molar-refractivity contribution in [3.05, 3.63) is 29.8 Å². The van der Waals surface area contributed by atoms with Crippen LogP contribution in [-0.4, -0.2) is 24.1 Å². The first-order chi connectivity index (χ1) is 13.2. The number of hydrogen-bond acceptors (Lipinski definition) is 2. The van der Waals surface area contributed by atoms with Crippen molar-refractivity contribution in [3.63, 3.8) is 0 Å². The summed E-state index contributed by atoms with van der Waals surface area (Å²) in [5.74, 6) is 0.483. The Labute approximate surface area is 168 Å². The SMILES string of the molecule is CC(NC(=O)NC1CCC(C)(C)CC1C)c1ccc(NC(=O)NC2CC2)cc1. The topological polar surface area (TPSA) is 82.3 Å². The molecule has 6 heteroatoms. The Morgan fingerprint density at radius 2 is 1.71 bits per heavy atom. The molecular weight excluding hydrogens is 352 g/mol. The first-order valence-corrected chi connectivity index (χ1v) is 10.5. The molecule has 2 fully saturated rings. The molecule has 1 aromatic rings. The molecule has 6 nitrogen and oxygen atoms in total. The van der Waals surface area contributed by atoms with Gasteiger partial charge in [-0.2, -0.15) is 0 Å². The van der Waals surface area contributed by atoms with Gasteiger partial charge in [0.05, 0.1) is 6.04 Å². The van der Waals surface area contributed by atoms with Crippen molar-refractivity contribution in [2.75, 3.05) is 5.32 Å². The summed E-state index contributed by atoms with van der Waals surface area (Å²) in [7, 11) is 0. The highest BCUT2D eigenvalue weighted by atomic mass is 16.2. The number of nitrogens with one attached hydrogen (secondary N) is 4. The first kappa shape index (κ1) is 20.5. The van der Waals surface area contributed by atoms with Crippen molar-refractivity contribution in [2.45, 2.75) is 77.9 Å². The monoisotopic (exact) mass is 386 g/mol. The number of carbonyl (C=O) groups is 2. The van der Waals surface area contributed by atoms with Gasteiger partial charge in [0.1, 0.15) is 0 Å². The summed E-state index contributed by atoms with van der Waals surface area (Å²) >= 11 is 0. The number of carbonyl (C=O) groups excluding carboxylic acids is 2. The van der Waals surface area contributed by atoms with Gasteiger partial charge in [0.2, 0.25) is 0 Å². The van der Waals surface area contributed by atoms with Gasteiger partial charge in [0.25, 0.3) is 0 Å². The second-order valence-corrected chi connectivity index (χ2v) is 9.33. The molecule has 4 N–H and O–H groups in total. The molecule has 3 rings (SSSR count). The maximum atomic E-state index is 12.4. The van der Waals surface area contributed by atoms with Gasteiger partial charge < -0.3 is 21.3 Å². The third-order valence-electron chi connectivity index (χ3n) is 5.94. The smallest absolute Gasteiger partial charge is 0.319 e. The maximum Gasteiger partial charge on any atom is 0.319 e. The van der Waals surface area contributed by atoms with Crippen molar-refractivity contribution in [3.8, 4) is 0 Å². The standard InChI is InChI=1S/C22H34N4O2/c1-14-13-22(3,4)12-11-19(14)26-20(27)23-15(2)16-5-7-17(8-6-16)24-21(28)25-18-9-10-18/h5-8,14-15,18-19H,9-13H2,1-4H3,(H2,23,26,27)(H2,24,25,28). The lowest BCUT2D eigenvalue weighted by Crippen LogP contribution is -2.48. The molecular formula is C22H34N4O2.